The Bertz CT molecular complexity index is 94.1. The zero-order valence-corrected chi connectivity index (χ0v) is 7.95. The number of hydrogen-bond donors (Lipinski definition) is 1. The molecule has 1 saturated heterocycles. The normalized spacial score (nSPS) is 24.3. The van der Waals surface area contributed by atoms with Crippen molar-refractivity contribution in [3.05, 3.63) is 0 Å². The SMILES string of the molecule is CCSCCNC1CCOC1. The van der Waals surface area contributed by atoms with Crippen LogP contribution in [0.25, 0.3) is 0 Å². The van der Waals surface area contributed by atoms with Crippen LogP contribution in [0.2, 0.25) is 0 Å². The van der Waals surface area contributed by atoms with Gasteiger partial charge in [0.15, 0.2) is 0 Å². The average molecular weight is 175 g/mol. The maximum atomic E-state index is 5.24. The van der Waals surface area contributed by atoms with Gasteiger partial charge in [0, 0.05) is 24.9 Å². The highest BCUT2D eigenvalue weighted by Gasteiger charge is 2.13. The first kappa shape index (κ1) is 9.36. The van der Waals surface area contributed by atoms with Crippen molar-refractivity contribution < 1.29 is 4.74 Å². The summed E-state index contributed by atoms with van der Waals surface area (Å²) in [7, 11) is 0. The molecule has 1 rings (SSSR count). The second-order valence-electron chi connectivity index (χ2n) is 2.71. The highest BCUT2D eigenvalue weighted by atomic mass is 32.2. The third kappa shape index (κ3) is 3.99. The second kappa shape index (κ2) is 5.86. The Morgan fingerprint density at radius 1 is 1.64 bits per heavy atom. The quantitative estimate of drug-likeness (QED) is 0.633. The van der Waals surface area contributed by atoms with Gasteiger partial charge in [-0.25, -0.2) is 0 Å². The monoisotopic (exact) mass is 175 g/mol. The van der Waals surface area contributed by atoms with Crippen molar-refractivity contribution in [2.24, 2.45) is 0 Å². The van der Waals surface area contributed by atoms with E-state index in [2.05, 4.69) is 12.2 Å². The molecular formula is C8H17NOS. The molecule has 1 unspecified atom stereocenters. The van der Waals surface area contributed by atoms with Gasteiger partial charge in [-0.2, -0.15) is 11.8 Å². The molecule has 3 heteroatoms. The molecule has 0 aromatic carbocycles. The van der Waals surface area contributed by atoms with Crippen molar-refractivity contribution in [2.75, 3.05) is 31.3 Å². The first-order valence-electron chi connectivity index (χ1n) is 4.32. The summed E-state index contributed by atoms with van der Waals surface area (Å²) in [5, 5.41) is 3.47. The minimum atomic E-state index is 0.632. The molecule has 1 aliphatic heterocycles. The molecule has 0 amide bonds. The van der Waals surface area contributed by atoms with Crippen LogP contribution in [0.1, 0.15) is 13.3 Å². The largest absolute Gasteiger partial charge is 0.380 e. The maximum absolute atomic E-state index is 5.24. The minimum Gasteiger partial charge on any atom is -0.380 e. The third-order valence-electron chi connectivity index (χ3n) is 1.81. The predicted molar refractivity (Wildman–Crippen MR) is 50.2 cm³/mol. The molecule has 0 aromatic rings. The average Bonchev–Trinajstić information content (AvgIpc) is 2.50. The highest BCUT2D eigenvalue weighted by Crippen LogP contribution is 2.03. The van der Waals surface area contributed by atoms with Crippen LogP contribution in [0, 0.1) is 0 Å². The van der Waals surface area contributed by atoms with Gasteiger partial charge in [0.1, 0.15) is 0 Å². The number of ether oxygens (including phenoxy) is 1. The van der Waals surface area contributed by atoms with Gasteiger partial charge in [-0.05, 0) is 12.2 Å². The van der Waals surface area contributed by atoms with E-state index in [9.17, 15) is 0 Å². The second-order valence-corrected chi connectivity index (χ2v) is 4.11. The minimum absolute atomic E-state index is 0.632. The fourth-order valence-corrected chi connectivity index (χ4v) is 1.73. The van der Waals surface area contributed by atoms with Gasteiger partial charge < -0.3 is 10.1 Å². The summed E-state index contributed by atoms with van der Waals surface area (Å²) in [6.07, 6.45) is 1.19. The number of nitrogens with one attached hydrogen (secondary N) is 1. The highest BCUT2D eigenvalue weighted by molar-refractivity contribution is 7.99. The van der Waals surface area contributed by atoms with Gasteiger partial charge in [-0.15, -0.1) is 0 Å². The maximum Gasteiger partial charge on any atom is 0.0620 e. The van der Waals surface area contributed by atoms with E-state index in [0.29, 0.717) is 6.04 Å². The topological polar surface area (TPSA) is 21.3 Å². The standard InChI is InChI=1S/C8H17NOS/c1-2-11-6-4-9-8-3-5-10-7-8/h8-9H,2-7H2,1H3. The number of thioether (sulfide) groups is 1. The van der Waals surface area contributed by atoms with Crippen molar-refractivity contribution in [1.82, 2.24) is 5.32 Å². The summed E-state index contributed by atoms with van der Waals surface area (Å²) >= 11 is 1.99. The van der Waals surface area contributed by atoms with E-state index in [1.807, 2.05) is 11.8 Å². The van der Waals surface area contributed by atoms with Crippen LogP contribution in [-0.2, 0) is 4.74 Å². The molecule has 2 nitrogen and oxygen atoms in total. The van der Waals surface area contributed by atoms with E-state index in [4.69, 9.17) is 4.74 Å². The zero-order valence-electron chi connectivity index (χ0n) is 7.14. The molecule has 11 heavy (non-hydrogen) atoms. The van der Waals surface area contributed by atoms with Gasteiger partial charge in [-0.3, -0.25) is 0 Å². The van der Waals surface area contributed by atoms with E-state index in [1.54, 1.807) is 0 Å². The Morgan fingerprint density at radius 3 is 3.18 bits per heavy atom. The van der Waals surface area contributed by atoms with Crippen LogP contribution >= 0.6 is 11.8 Å². The Morgan fingerprint density at radius 2 is 2.55 bits per heavy atom. The number of hydrogen-bond acceptors (Lipinski definition) is 3. The van der Waals surface area contributed by atoms with Crippen molar-refractivity contribution in [3.8, 4) is 0 Å². The molecule has 0 radical (unpaired) electrons. The van der Waals surface area contributed by atoms with Crippen molar-refractivity contribution in [3.63, 3.8) is 0 Å². The van der Waals surface area contributed by atoms with E-state index in [-0.39, 0.29) is 0 Å². The van der Waals surface area contributed by atoms with Crippen LogP contribution in [0.3, 0.4) is 0 Å². The van der Waals surface area contributed by atoms with Gasteiger partial charge in [-0.1, -0.05) is 6.92 Å². The van der Waals surface area contributed by atoms with Crippen LogP contribution in [0.4, 0.5) is 0 Å². The van der Waals surface area contributed by atoms with Crippen LogP contribution in [0.15, 0.2) is 0 Å². The summed E-state index contributed by atoms with van der Waals surface area (Å²) in [6, 6.07) is 0.632. The first-order chi connectivity index (χ1) is 5.43. The third-order valence-corrected chi connectivity index (χ3v) is 2.71. The Labute approximate surface area is 73.1 Å². The van der Waals surface area contributed by atoms with E-state index >= 15 is 0 Å². The molecule has 1 aliphatic rings. The van der Waals surface area contributed by atoms with Crippen molar-refractivity contribution in [1.29, 1.82) is 0 Å². The van der Waals surface area contributed by atoms with Gasteiger partial charge in [0.25, 0.3) is 0 Å². The van der Waals surface area contributed by atoms with Crippen molar-refractivity contribution >= 4 is 11.8 Å². The molecular weight excluding hydrogens is 158 g/mol. The predicted octanol–water partition coefficient (Wildman–Crippen LogP) is 1.12. The molecule has 0 spiro atoms. The molecule has 0 bridgehead atoms. The fourth-order valence-electron chi connectivity index (χ4n) is 1.18. The summed E-state index contributed by atoms with van der Waals surface area (Å²) in [5.41, 5.74) is 0. The zero-order chi connectivity index (χ0) is 7.94. The summed E-state index contributed by atoms with van der Waals surface area (Å²) in [6.45, 7) is 5.19. The Hall–Kier alpha value is 0.270. The van der Waals surface area contributed by atoms with Crippen LogP contribution in [0.5, 0.6) is 0 Å². The van der Waals surface area contributed by atoms with Crippen molar-refractivity contribution in [2.45, 2.75) is 19.4 Å². The van der Waals surface area contributed by atoms with E-state index in [0.717, 1.165) is 19.8 Å². The molecule has 1 atom stereocenters. The van der Waals surface area contributed by atoms with Gasteiger partial charge in [0.05, 0.1) is 6.61 Å². The molecule has 0 saturated carbocycles. The molecule has 1 N–H and O–H groups in total. The van der Waals surface area contributed by atoms with Crippen LogP contribution < -0.4 is 5.32 Å². The van der Waals surface area contributed by atoms with E-state index < -0.39 is 0 Å². The number of rotatable bonds is 5. The lowest BCUT2D eigenvalue weighted by atomic mass is 10.3. The first-order valence-corrected chi connectivity index (χ1v) is 5.48. The summed E-state index contributed by atoms with van der Waals surface area (Å²) in [5.74, 6) is 2.45. The van der Waals surface area contributed by atoms with Gasteiger partial charge >= 0.3 is 0 Å². The lowest BCUT2D eigenvalue weighted by molar-refractivity contribution is 0.190. The fraction of sp³-hybridized carbons (Fsp3) is 1.00. The molecule has 0 aromatic heterocycles. The molecule has 1 fully saturated rings. The lowest BCUT2D eigenvalue weighted by Crippen LogP contribution is -2.31. The van der Waals surface area contributed by atoms with E-state index in [1.165, 1.54) is 17.9 Å². The smallest absolute Gasteiger partial charge is 0.0620 e. The Balaban J connectivity index is 1.86. The summed E-state index contributed by atoms with van der Waals surface area (Å²) in [4.78, 5) is 0. The molecule has 66 valence electrons. The molecule has 1 heterocycles. The van der Waals surface area contributed by atoms with Crippen LogP contribution in [-0.4, -0.2) is 37.3 Å². The lowest BCUT2D eigenvalue weighted by Gasteiger charge is -2.08. The van der Waals surface area contributed by atoms with Gasteiger partial charge in [0.2, 0.25) is 0 Å². The Kier molecular flexibility index (Phi) is 4.99. The summed E-state index contributed by atoms with van der Waals surface area (Å²) < 4.78 is 5.24. The molecule has 0 aliphatic carbocycles.